The summed E-state index contributed by atoms with van der Waals surface area (Å²) in [6.45, 7) is 20.4. The van der Waals surface area contributed by atoms with Crippen LogP contribution in [-0.2, 0) is 10.8 Å². The highest BCUT2D eigenvalue weighted by atomic mass is 15.5. The molecule has 2 aromatic carbocycles. The van der Waals surface area contributed by atoms with Gasteiger partial charge in [-0.3, -0.25) is 0 Å². The molecule has 5 rings (SSSR count). The number of rotatable bonds is 2. The zero-order valence-corrected chi connectivity index (χ0v) is 20.8. The van der Waals surface area contributed by atoms with Gasteiger partial charge in [-0.2, -0.15) is 0 Å². The number of benzene rings is 2. The third-order valence-electron chi connectivity index (χ3n) is 8.05. The maximum Gasteiger partial charge on any atom is 0.178 e. The highest BCUT2D eigenvalue weighted by Crippen LogP contribution is 2.62. The van der Waals surface area contributed by atoms with Crippen molar-refractivity contribution in [2.24, 2.45) is 5.41 Å². The van der Waals surface area contributed by atoms with Gasteiger partial charge in [-0.05, 0) is 41.2 Å². The lowest BCUT2D eigenvalue weighted by Crippen LogP contribution is -2.60. The van der Waals surface area contributed by atoms with Gasteiger partial charge < -0.3 is 9.80 Å². The van der Waals surface area contributed by atoms with Crippen molar-refractivity contribution in [2.45, 2.75) is 65.5 Å². The number of aryl methyl sites for hydroxylation is 1. The summed E-state index contributed by atoms with van der Waals surface area (Å²) < 4.78 is 0. The molecule has 4 heteroatoms. The van der Waals surface area contributed by atoms with Crippen molar-refractivity contribution in [1.29, 1.82) is 0 Å². The van der Waals surface area contributed by atoms with E-state index in [-0.39, 0.29) is 22.4 Å². The van der Waals surface area contributed by atoms with Crippen molar-refractivity contribution in [3.8, 4) is 0 Å². The van der Waals surface area contributed by atoms with Crippen LogP contribution in [0, 0.1) is 12.3 Å². The molecule has 0 saturated carbocycles. The van der Waals surface area contributed by atoms with Crippen LogP contribution in [0.1, 0.15) is 58.2 Å². The van der Waals surface area contributed by atoms with E-state index >= 15 is 0 Å². The Morgan fingerprint density at radius 2 is 1.52 bits per heavy atom. The predicted molar refractivity (Wildman–Crippen MR) is 138 cm³/mol. The molecule has 0 radical (unpaired) electrons. The maximum atomic E-state index is 4.85. The molecule has 2 aliphatic rings. The van der Waals surface area contributed by atoms with Crippen LogP contribution in [0.4, 0.5) is 23.0 Å². The second-order valence-electron chi connectivity index (χ2n) is 11.2. The molecule has 2 aliphatic heterocycles. The van der Waals surface area contributed by atoms with Gasteiger partial charge in [-0.1, -0.05) is 78.0 Å². The van der Waals surface area contributed by atoms with Crippen LogP contribution in [0.25, 0.3) is 0 Å². The van der Waals surface area contributed by atoms with Gasteiger partial charge in [0.2, 0.25) is 0 Å². The molecule has 0 saturated heterocycles. The van der Waals surface area contributed by atoms with E-state index in [1.807, 2.05) is 0 Å². The maximum absolute atomic E-state index is 4.85. The summed E-state index contributed by atoms with van der Waals surface area (Å²) in [5.74, 6) is 1.82. The van der Waals surface area contributed by atoms with E-state index < -0.39 is 0 Å². The Balaban J connectivity index is 1.85. The molecule has 0 fully saturated rings. The van der Waals surface area contributed by atoms with E-state index in [9.17, 15) is 0 Å². The summed E-state index contributed by atoms with van der Waals surface area (Å²) in [6, 6.07) is 15.5. The van der Waals surface area contributed by atoms with Gasteiger partial charge >= 0.3 is 0 Å². The first-order valence-electron chi connectivity index (χ1n) is 11.8. The first kappa shape index (κ1) is 21.7. The van der Waals surface area contributed by atoms with E-state index in [1.165, 1.54) is 28.1 Å². The fourth-order valence-electron chi connectivity index (χ4n) is 5.60. The molecule has 33 heavy (non-hydrogen) atoms. The first-order chi connectivity index (χ1) is 15.5. The molecule has 3 aromatic rings. The second kappa shape index (κ2) is 6.93. The number of allylic oxidation sites excluding steroid dienone is 1. The molecule has 4 nitrogen and oxygen atoms in total. The molecule has 0 N–H and O–H groups in total. The summed E-state index contributed by atoms with van der Waals surface area (Å²) in [5, 5.41) is 0. The molecule has 0 amide bonds. The average molecular weight is 439 g/mol. The fraction of sp³-hybridized carbons (Fsp3) is 0.379. The van der Waals surface area contributed by atoms with Crippen LogP contribution in [0.3, 0.4) is 0 Å². The zero-order chi connectivity index (χ0) is 23.8. The monoisotopic (exact) mass is 438 g/mol. The highest BCUT2D eigenvalue weighted by molar-refractivity contribution is 5.87. The number of para-hydroxylation sites is 1. The largest absolute Gasteiger partial charge is 0.301 e. The van der Waals surface area contributed by atoms with Gasteiger partial charge in [0.15, 0.2) is 11.6 Å². The normalized spacial score (nSPS) is 23.1. The smallest absolute Gasteiger partial charge is 0.178 e. The van der Waals surface area contributed by atoms with Gasteiger partial charge in [-0.15, -0.1) is 6.58 Å². The lowest BCUT2D eigenvalue weighted by atomic mass is 9.58. The summed E-state index contributed by atoms with van der Waals surface area (Å²) in [5.41, 5.74) is 5.81. The van der Waals surface area contributed by atoms with E-state index in [2.05, 4.69) is 113 Å². The van der Waals surface area contributed by atoms with E-state index in [0.29, 0.717) is 0 Å². The third-order valence-corrected chi connectivity index (χ3v) is 8.05. The lowest BCUT2D eigenvalue weighted by molar-refractivity contribution is 0.170. The van der Waals surface area contributed by atoms with Gasteiger partial charge in [-0.25, -0.2) is 9.97 Å². The minimum absolute atomic E-state index is 0.00647. The molecule has 2 atom stereocenters. The van der Waals surface area contributed by atoms with Crippen LogP contribution in [0.2, 0.25) is 0 Å². The minimum atomic E-state index is -0.256. The van der Waals surface area contributed by atoms with Crippen molar-refractivity contribution in [2.75, 3.05) is 9.80 Å². The van der Waals surface area contributed by atoms with Crippen molar-refractivity contribution in [1.82, 2.24) is 9.97 Å². The summed E-state index contributed by atoms with van der Waals surface area (Å²) in [4.78, 5) is 14.5. The Morgan fingerprint density at radius 1 is 0.909 bits per heavy atom. The van der Waals surface area contributed by atoms with Crippen molar-refractivity contribution < 1.29 is 0 Å². The fourth-order valence-corrected chi connectivity index (χ4v) is 5.60. The Hall–Kier alpha value is -3.14. The standard InChI is InChI=1S/C29H34N4/c1-9-29(8)21-18-20(27(3,4)5)14-15-23(21)33-25-24(30-16-17-31-25)32(26(33)28(29,6)7)22-13-11-10-12-19(22)2/h9-18,26H,1H2,2-8H3. The highest BCUT2D eigenvalue weighted by Gasteiger charge is 2.59. The van der Waals surface area contributed by atoms with E-state index in [0.717, 1.165) is 11.6 Å². The summed E-state index contributed by atoms with van der Waals surface area (Å²) in [6.07, 6.45) is 5.75. The Labute approximate surface area is 198 Å². The number of hydrogen-bond donors (Lipinski definition) is 0. The van der Waals surface area contributed by atoms with Gasteiger partial charge in [0.1, 0.15) is 6.17 Å². The molecule has 0 bridgehead atoms. The first-order valence-corrected chi connectivity index (χ1v) is 11.8. The molecular weight excluding hydrogens is 404 g/mol. The van der Waals surface area contributed by atoms with Crippen LogP contribution in [-0.4, -0.2) is 16.1 Å². The SMILES string of the molecule is C=CC1(C)c2cc(C(C)(C)C)ccc2N2c3nccnc3N(c3ccccc3C)C2C1(C)C. The summed E-state index contributed by atoms with van der Waals surface area (Å²) >= 11 is 0. The molecular formula is C29H34N4. The Morgan fingerprint density at radius 3 is 2.09 bits per heavy atom. The number of anilines is 4. The van der Waals surface area contributed by atoms with Crippen molar-refractivity contribution in [3.05, 3.63) is 84.2 Å². The van der Waals surface area contributed by atoms with Gasteiger partial charge in [0.05, 0.1) is 0 Å². The Kier molecular flexibility index (Phi) is 4.55. The van der Waals surface area contributed by atoms with Crippen LogP contribution >= 0.6 is 0 Å². The van der Waals surface area contributed by atoms with Crippen LogP contribution in [0.15, 0.2) is 67.5 Å². The van der Waals surface area contributed by atoms with Crippen molar-refractivity contribution >= 4 is 23.0 Å². The van der Waals surface area contributed by atoms with Crippen LogP contribution < -0.4 is 9.80 Å². The van der Waals surface area contributed by atoms with E-state index in [4.69, 9.17) is 9.97 Å². The van der Waals surface area contributed by atoms with Crippen LogP contribution in [0.5, 0.6) is 0 Å². The quantitative estimate of drug-likeness (QED) is 0.397. The third kappa shape index (κ3) is 2.82. The zero-order valence-electron chi connectivity index (χ0n) is 20.8. The molecule has 0 aliphatic carbocycles. The van der Waals surface area contributed by atoms with E-state index in [1.54, 1.807) is 12.4 Å². The van der Waals surface area contributed by atoms with Gasteiger partial charge in [0.25, 0.3) is 0 Å². The number of nitrogens with zero attached hydrogens (tertiary/aromatic N) is 4. The molecule has 2 unspecified atom stereocenters. The molecule has 0 spiro atoms. The number of hydrogen-bond acceptors (Lipinski definition) is 4. The molecule has 170 valence electrons. The second-order valence-corrected chi connectivity index (χ2v) is 11.2. The number of fused-ring (bicyclic) bond motifs is 5. The Bertz CT molecular complexity index is 1250. The minimum Gasteiger partial charge on any atom is -0.301 e. The van der Waals surface area contributed by atoms with Crippen molar-refractivity contribution in [3.63, 3.8) is 0 Å². The summed E-state index contributed by atoms with van der Waals surface area (Å²) in [7, 11) is 0. The number of aromatic nitrogens is 2. The lowest BCUT2D eigenvalue weighted by Gasteiger charge is -2.56. The van der Waals surface area contributed by atoms with Gasteiger partial charge in [0, 0.05) is 34.6 Å². The topological polar surface area (TPSA) is 32.3 Å². The molecule has 1 aromatic heterocycles. The molecule has 3 heterocycles. The average Bonchev–Trinajstić information content (AvgIpc) is 3.13. The predicted octanol–water partition coefficient (Wildman–Crippen LogP) is 7.18.